The number of carbonyl (C=O) groups is 1. The summed E-state index contributed by atoms with van der Waals surface area (Å²) in [5.74, 6) is -0.206. The van der Waals surface area contributed by atoms with E-state index in [4.69, 9.17) is 15.7 Å². The minimum Gasteiger partial charge on any atom is -0.457 e. The monoisotopic (exact) mass is 422 g/mol. The van der Waals surface area contributed by atoms with Crippen LogP contribution < -0.4 is 10.5 Å². The SMILES string of the molecule is N#Cc1cc(Oc2ccc(-n3nc(C(N)=O)c4ccccc43)cc2)ccc1C(F)(F)F. The fourth-order valence-corrected chi connectivity index (χ4v) is 3.16. The number of ether oxygens (including phenoxy) is 1. The number of aromatic nitrogens is 2. The molecule has 3 aromatic carbocycles. The van der Waals surface area contributed by atoms with Crippen molar-refractivity contribution in [2.75, 3.05) is 0 Å². The van der Waals surface area contributed by atoms with Crippen LogP contribution in [0.15, 0.2) is 66.7 Å². The summed E-state index contributed by atoms with van der Waals surface area (Å²) < 4.78 is 45.9. The number of hydrogen-bond donors (Lipinski definition) is 1. The lowest BCUT2D eigenvalue weighted by atomic mass is 10.1. The van der Waals surface area contributed by atoms with Gasteiger partial charge in [0, 0.05) is 5.39 Å². The van der Waals surface area contributed by atoms with Crippen LogP contribution in [-0.4, -0.2) is 15.7 Å². The number of nitrogens with zero attached hydrogens (tertiary/aromatic N) is 3. The molecule has 0 fully saturated rings. The Kier molecular flexibility index (Phi) is 4.83. The molecule has 2 N–H and O–H groups in total. The molecule has 4 aromatic rings. The van der Waals surface area contributed by atoms with E-state index in [-0.39, 0.29) is 11.4 Å². The first-order valence-electron chi connectivity index (χ1n) is 8.95. The van der Waals surface area contributed by atoms with E-state index in [2.05, 4.69) is 5.10 Å². The first kappa shape index (κ1) is 20.0. The maximum atomic E-state index is 12.9. The molecule has 0 aliphatic heterocycles. The number of para-hydroxylation sites is 1. The molecule has 154 valence electrons. The Morgan fingerprint density at radius 3 is 2.35 bits per heavy atom. The lowest BCUT2D eigenvalue weighted by Gasteiger charge is -2.11. The Balaban J connectivity index is 1.64. The predicted molar refractivity (Wildman–Crippen MR) is 106 cm³/mol. The summed E-state index contributed by atoms with van der Waals surface area (Å²) in [5.41, 5.74) is 5.33. The van der Waals surface area contributed by atoms with Crippen molar-refractivity contribution in [3.8, 4) is 23.3 Å². The van der Waals surface area contributed by atoms with Crippen molar-refractivity contribution in [1.29, 1.82) is 5.26 Å². The molecule has 0 saturated carbocycles. The molecule has 0 spiro atoms. The molecule has 1 aromatic heterocycles. The zero-order valence-corrected chi connectivity index (χ0v) is 15.7. The summed E-state index contributed by atoms with van der Waals surface area (Å²) in [4.78, 5) is 11.7. The number of benzene rings is 3. The van der Waals surface area contributed by atoms with Gasteiger partial charge in [0.25, 0.3) is 5.91 Å². The van der Waals surface area contributed by atoms with Crippen molar-refractivity contribution < 1.29 is 22.7 Å². The van der Waals surface area contributed by atoms with E-state index in [9.17, 15) is 18.0 Å². The Bertz CT molecular complexity index is 1340. The van der Waals surface area contributed by atoms with E-state index < -0.39 is 23.2 Å². The van der Waals surface area contributed by atoms with Crippen molar-refractivity contribution in [2.24, 2.45) is 5.73 Å². The standard InChI is InChI=1S/C22H13F3N4O2/c23-22(24,25)18-10-9-16(11-13(18)12-26)31-15-7-5-14(6-8-15)29-19-4-2-1-3-17(19)20(28-29)21(27)30/h1-11H,(H2,27,30). The number of alkyl halides is 3. The molecule has 31 heavy (non-hydrogen) atoms. The number of nitrogens with two attached hydrogens (primary N) is 1. The fourth-order valence-electron chi connectivity index (χ4n) is 3.16. The van der Waals surface area contributed by atoms with Crippen LogP contribution >= 0.6 is 0 Å². The lowest BCUT2D eigenvalue weighted by Crippen LogP contribution is -2.12. The van der Waals surface area contributed by atoms with Crippen LogP contribution in [0.25, 0.3) is 16.6 Å². The van der Waals surface area contributed by atoms with E-state index in [1.54, 1.807) is 53.2 Å². The maximum Gasteiger partial charge on any atom is 0.417 e. The number of fused-ring (bicyclic) bond motifs is 1. The number of primary amides is 1. The lowest BCUT2D eigenvalue weighted by molar-refractivity contribution is -0.137. The summed E-state index contributed by atoms with van der Waals surface area (Å²) in [7, 11) is 0. The van der Waals surface area contributed by atoms with Gasteiger partial charge in [0.05, 0.1) is 28.4 Å². The summed E-state index contributed by atoms with van der Waals surface area (Å²) in [5, 5.41) is 13.9. The topological polar surface area (TPSA) is 93.9 Å². The van der Waals surface area contributed by atoms with E-state index in [0.717, 1.165) is 18.2 Å². The fraction of sp³-hybridized carbons (Fsp3) is 0.0455. The second-order valence-electron chi connectivity index (χ2n) is 6.55. The first-order valence-corrected chi connectivity index (χ1v) is 8.95. The number of nitriles is 1. The van der Waals surface area contributed by atoms with Crippen molar-refractivity contribution in [3.05, 3.63) is 83.6 Å². The zero-order valence-electron chi connectivity index (χ0n) is 15.7. The molecule has 0 unspecified atom stereocenters. The highest BCUT2D eigenvalue weighted by Crippen LogP contribution is 2.34. The summed E-state index contributed by atoms with van der Waals surface area (Å²) in [6.45, 7) is 0. The predicted octanol–water partition coefficient (Wildman–Crippen LogP) is 4.81. The van der Waals surface area contributed by atoms with Crippen LogP contribution in [0.3, 0.4) is 0 Å². The number of rotatable bonds is 4. The molecule has 9 heteroatoms. The molecule has 6 nitrogen and oxygen atoms in total. The van der Waals surface area contributed by atoms with E-state index in [1.165, 1.54) is 6.07 Å². The van der Waals surface area contributed by atoms with E-state index in [0.29, 0.717) is 22.3 Å². The average Bonchev–Trinajstić information content (AvgIpc) is 3.13. The average molecular weight is 422 g/mol. The first-order chi connectivity index (χ1) is 14.8. The smallest absolute Gasteiger partial charge is 0.417 e. The van der Waals surface area contributed by atoms with Crippen LogP contribution in [0, 0.1) is 11.3 Å². The van der Waals surface area contributed by atoms with Gasteiger partial charge in [0.15, 0.2) is 5.69 Å². The van der Waals surface area contributed by atoms with Gasteiger partial charge < -0.3 is 10.5 Å². The van der Waals surface area contributed by atoms with E-state index >= 15 is 0 Å². The van der Waals surface area contributed by atoms with Gasteiger partial charge in [-0.05, 0) is 48.5 Å². The molecule has 0 bridgehead atoms. The van der Waals surface area contributed by atoms with Crippen molar-refractivity contribution in [2.45, 2.75) is 6.18 Å². The minimum absolute atomic E-state index is 0.0952. The molecular weight excluding hydrogens is 409 g/mol. The third-order valence-electron chi connectivity index (χ3n) is 4.55. The Morgan fingerprint density at radius 1 is 1.03 bits per heavy atom. The second-order valence-corrected chi connectivity index (χ2v) is 6.55. The minimum atomic E-state index is -4.62. The van der Waals surface area contributed by atoms with Gasteiger partial charge in [-0.15, -0.1) is 0 Å². The summed E-state index contributed by atoms with van der Waals surface area (Å²) >= 11 is 0. The second kappa shape index (κ2) is 7.50. The molecule has 0 atom stereocenters. The molecule has 0 aliphatic rings. The Labute approximate surface area is 173 Å². The number of amides is 1. The van der Waals surface area contributed by atoms with Gasteiger partial charge in [-0.1, -0.05) is 18.2 Å². The van der Waals surface area contributed by atoms with E-state index in [1.807, 2.05) is 0 Å². The van der Waals surface area contributed by atoms with Crippen LogP contribution in [-0.2, 0) is 6.18 Å². The van der Waals surface area contributed by atoms with Gasteiger partial charge >= 0.3 is 6.18 Å². The quantitative estimate of drug-likeness (QED) is 0.511. The van der Waals surface area contributed by atoms with Crippen LogP contribution in [0.1, 0.15) is 21.6 Å². The highest BCUT2D eigenvalue weighted by molar-refractivity contribution is 6.04. The van der Waals surface area contributed by atoms with Crippen molar-refractivity contribution in [3.63, 3.8) is 0 Å². The normalized spacial score (nSPS) is 11.3. The van der Waals surface area contributed by atoms with Crippen molar-refractivity contribution in [1.82, 2.24) is 9.78 Å². The number of carbonyl (C=O) groups excluding carboxylic acids is 1. The van der Waals surface area contributed by atoms with Crippen LogP contribution in [0.5, 0.6) is 11.5 Å². The molecular formula is C22H13F3N4O2. The highest BCUT2D eigenvalue weighted by atomic mass is 19.4. The van der Waals surface area contributed by atoms with Gasteiger partial charge in [-0.3, -0.25) is 4.79 Å². The number of halogens is 3. The third kappa shape index (κ3) is 3.79. The summed E-state index contributed by atoms with van der Waals surface area (Å²) in [6, 6.07) is 18.2. The molecule has 1 amide bonds. The Hall–Kier alpha value is -4.32. The van der Waals surface area contributed by atoms with Crippen LogP contribution in [0.4, 0.5) is 13.2 Å². The molecule has 4 rings (SSSR count). The van der Waals surface area contributed by atoms with Crippen LogP contribution in [0.2, 0.25) is 0 Å². The molecule has 1 heterocycles. The molecule has 0 aliphatic carbocycles. The zero-order chi connectivity index (χ0) is 22.2. The van der Waals surface area contributed by atoms with Gasteiger partial charge in [0.1, 0.15) is 11.5 Å². The summed E-state index contributed by atoms with van der Waals surface area (Å²) in [6.07, 6.45) is -4.62. The van der Waals surface area contributed by atoms with Crippen molar-refractivity contribution >= 4 is 16.8 Å². The van der Waals surface area contributed by atoms with Gasteiger partial charge in [-0.25, -0.2) is 4.68 Å². The largest absolute Gasteiger partial charge is 0.457 e. The number of hydrogen-bond acceptors (Lipinski definition) is 4. The van der Waals surface area contributed by atoms with Gasteiger partial charge in [0.2, 0.25) is 0 Å². The van der Waals surface area contributed by atoms with Gasteiger partial charge in [-0.2, -0.15) is 23.5 Å². The Morgan fingerprint density at radius 2 is 1.71 bits per heavy atom. The third-order valence-corrected chi connectivity index (χ3v) is 4.55. The molecule has 0 radical (unpaired) electrons. The maximum absolute atomic E-state index is 12.9. The highest BCUT2D eigenvalue weighted by Gasteiger charge is 2.33. The molecule has 0 saturated heterocycles.